The number of nitriles is 1. The van der Waals surface area contributed by atoms with Crippen molar-refractivity contribution in [2.45, 2.75) is 0 Å². The lowest BCUT2D eigenvalue weighted by Crippen LogP contribution is -1.96. The van der Waals surface area contributed by atoms with Gasteiger partial charge in [-0.25, -0.2) is 0 Å². The third kappa shape index (κ3) is 2.68. The second-order valence-electron chi connectivity index (χ2n) is 3.55. The summed E-state index contributed by atoms with van der Waals surface area (Å²) in [5, 5.41) is 12.5. The van der Waals surface area contributed by atoms with Crippen LogP contribution in [-0.4, -0.2) is 0 Å². The standard InChI is InChI=1S/C13H10ClN3/c14-10-2-1-3-11(7-10)17-13-5-4-9(8-15)6-12(13)16/h1-7,17H,16H2. The summed E-state index contributed by atoms with van der Waals surface area (Å²) in [5.41, 5.74) is 8.52. The van der Waals surface area contributed by atoms with Gasteiger partial charge < -0.3 is 11.1 Å². The lowest BCUT2D eigenvalue weighted by atomic mass is 10.2. The molecule has 0 fully saturated rings. The molecule has 2 aromatic rings. The van der Waals surface area contributed by atoms with Crippen molar-refractivity contribution in [3.8, 4) is 6.07 Å². The minimum absolute atomic E-state index is 0.532. The van der Waals surface area contributed by atoms with Gasteiger partial charge in [0, 0.05) is 10.7 Å². The van der Waals surface area contributed by atoms with Gasteiger partial charge >= 0.3 is 0 Å². The predicted octanol–water partition coefficient (Wildman–Crippen LogP) is 3.54. The number of nitrogens with one attached hydrogen (secondary N) is 1. The van der Waals surface area contributed by atoms with Gasteiger partial charge in [-0.2, -0.15) is 5.26 Å². The van der Waals surface area contributed by atoms with E-state index in [0.717, 1.165) is 11.4 Å². The van der Waals surface area contributed by atoms with Gasteiger partial charge in [-0.05, 0) is 36.4 Å². The van der Waals surface area contributed by atoms with E-state index in [4.69, 9.17) is 22.6 Å². The molecule has 0 aromatic heterocycles. The van der Waals surface area contributed by atoms with Gasteiger partial charge in [0.2, 0.25) is 0 Å². The maximum atomic E-state index is 8.74. The third-order valence-electron chi connectivity index (χ3n) is 2.28. The lowest BCUT2D eigenvalue weighted by molar-refractivity contribution is 1.47. The summed E-state index contributed by atoms with van der Waals surface area (Å²) < 4.78 is 0. The number of nitrogen functional groups attached to an aromatic ring is 1. The summed E-state index contributed by atoms with van der Waals surface area (Å²) in [4.78, 5) is 0. The predicted molar refractivity (Wildman–Crippen MR) is 70.3 cm³/mol. The van der Waals surface area contributed by atoms with Crippen LogP contribution in [0.1, 0.15) is 5.56 Å². The van der Waals surface area contributed by atoms with Crippen molar-refractivity contribution in [1.82, 2.24) is 0 Å². The van der Waals surface area contributed by atoms with E-state index in [1.165, 1.54) is 0 Å². The van der Waals surface area contributed by atoms with Crippen LogP contribution >= 0.6 is 11.6 Å². The molecule has 0 aliphatic rings. The molecule has 0 unspecified atom stereocenters. The van der Waals surface area contributed by atoms with Crippen LogP contribution in [0.15, 0.2) is 42.5 Å². The van der Waals surface area contributed by atoms with E-state index in [1.807, 2.05) is 18.2 Å². The normalized spacial score (nSPS) is 9.65. The number of nitrogens with two attached hydrogens (primary N) is 1. The second-order valence-corrected chi connectivity index (χ2v) is 3.99. The molecule has 0 saturated heterocycles. The summed E-state index contributed by atoms with van der Waals surface area (Å²) in [7, 11) is 0. The quantitative estimate of drug-likeness (QED) is 0.793. The van der Waals surface area contributed by atoms with Crippen LogP contribution in [0.2, 0.25) is 5.02 Å². The van der Waals surface area contributed by atoms with Gasteiger partial charge in [-0.15, -0.1) is 0 Å². The molecule has 0 saturated carbocycles. The Bertz CT molecular complexity index is 587. The molecule has 0 atom stereocenters. The topological polar surface area (TPSA) is 61.8 Å². The molecule has 3 N–H and O–H groups in total. The number of hydrogen-bond acceptors (Lipinski definition) is 3. The third-order valence-corrected chi connectivity index (χ3v) is 2.52. The highest BCUT2D eigenvalue weighted by Crippen LogP contribution is 2.25. The molecule has 0 spiro atoms. The second kappa shape index (κ2) is 4.77. The molecule has 0 heterocycles. The monoisotopic (exact) mass is 243 g/mol. The minimum Gasteiger partial charge on any atom is -0.397 e. The summed E-state index contributed by atoms with van der Waals surface area (Å²) in [6, 6.07) is 14.5. The van der Waals surface area contributed by atoms with E-state index in [2.05, 4.69) is 5.32 Å². The van der Waals surface area contributed by atoms with Crippen molar-refractivity contribution < 1.29 is 0 Å². The molecular weight excluding hydrogens is 234 g/mol. The van der Waals surface area contributed by atoms with Crippen molar-refractivity contribution in [2.24, 2.45) is 0 Å². The van der Waals surface area contributed by atoms with Crippen LogP contribution < -0.4 is 11.1 Å². The number of hydrogen-bond donors (Lipinski definition) is 2. The number of anilines is 3. The Hall–Kier alpha value is -2.18. The number of rotatable bonds is 2. The van der Waals surface area contributed by atoms with E-state index in [0.29, 0.717) is 16.3 Å². The Morgan fingerprint density at radius 2 is 2.00 bits per heavy atom. The summed E-state index contributed by atoms with van der Waals surface area (Å²) in [6.07, 6.45) is 0. The average molecular weight is 244 g/mol. The SMILES string of the molecule is N#Cc1ccc(Nc2cccc(Cl)c2)c(N)c1. The van der Waals surface area contributed by atoms with Gasteiger partial charge in [0.1, 0.15) is 0 Å². The Kier molecular flexibility index (Phi) is 3.17. The van der Waals surface area contributed by atoms with Crippen molar-refractivity contribution in [1.29, 1.82) is 5.26 Å². The van der Waals surface area contributed by atoms with Crippen LogP contribution in [0, 0.1) is 11.3 Å². The molecule has 0 radical (unpaired) electrons. The molecule has 3 nitrogen and oxygen atoms in total. The fraction of sp³-hybridized carbons (Fsp3) is 0. The molecule has 0 aliphatic carbocycles. The van der Waals surface area contributed by atoms with Crippen LogP contribution in [0.3, 0.4) is 0 Å². The smallest absolute Gasteiger partial charge is 0.0992 e. The molecule has 2 rings (SSSR count). The number of nitrogens with zero attached hydrogens (tertiary/aromatic N) is 1. The number of halogens is 1. The first-order chi connectivity index (χ1) is 8.19. The molecule has 0 bridgehead atoms. The highest BCUT2D eigenvalue weighted by molar-refractivity contribution is 6.30. The molecular formula is C13H10ClN3. The van der Waals surface area contributed by atoms with Crippen molar-refractivity contribution >= 4 is 28.7 Å². The Balaban J connectivity index is 2.28. The Morgan fingerprint density at radius 1 is 1.18 bits per heavy atom. The Morgan fingerprint density at radius 3 is 2.65 bits per heavy atom. The number of benzene rings is 2. The van der Waals surface area contributed by atoms with E-state index < -0.39 is 0 Å². The van der Waals surface area contributed by atoms with Crippen LogP contribution in [0.25, 0.3) is 0 Å². The zero-order chi connectivity index (χ0) is 12.3. The fourth-order valence-electron chi connectivity index (χ4n) is 1.47. The first kappa shape index (κ1) is 11.3. The van der Waals surface area contributed by atoms with Gasteiger partial charge in [0.25, 0.3) is 0 Å². The molecule has 17 heavy (non-hydrogen) atoms. The highest BCUT2D eigenvalue weighted by Gasteiger charge is 2.01. The van der Waals surface area contributed by atoms with Crippen molar-refractivity contribution in [3.63, 3.8) is 0 Å². The maximum Gasteiger partial charge on any atom is 0.0992 e. The molecule has 0 aliphatic heterocycles. The van der Waals surface area contributed by atoms with Gasteiger partial charge in [-0.3, -0.25) is 0 Å². The summed E-state index contributed by atoms with van der Waals surface area (Å²) in [5.74, 6) is 0. The van der Waals surface area contributed by atoms with Gasteiger partial charge in [-0.1, -0.05) is 17.7 Å². The zero-order valence-corrected chi connectivity index (χ0v) is 9.70. The summed E-state index contributed by atoms with van der Waals surface area (Å²) in [6.45, 7) is 0. The first-order valence-electron chi connectivity index (χ1n) is 5.01. The average Bonchev–Trinajstić information content (AvgIpc) is 2.32. The van der Waals surface area contributed by atoms with Crippen LogP contribution in [-0.2, 0) is 0 Å². The summed E-state index contributed by atoms with van der Waals surface area (Å²) >= 11 is 5.88. The Labute approximate surface area is 104 Å². The van der Waals surface area contributed by atoms with E-state index >= 15 is 0 Å². The molecule has 4 heteroatoms. The van der Waals surface area contributed by atoms with Crippen LogP contribution in [0.4, 0.5) is 17.1 Å². The fourth-order valence-corrected chi connectivity index (χ4v) is 1.66. The molecule has 0 amide bonds. The molecule has 2 aromatic carbocycles. The van der Waals surface area contributed by atoms with Crippen LogP contribution in [0.5, 0.6) is 0 Å². The van der Waals surface area contributed by atoms with Gasteiger partial charge in [0.15, 0.2) is 0 Å². The van der Waals surface area contributed by atoms with E-state index in [9.17, 15) is 0 Å². The minimum atomic E-state index is 0.532. The van der Waals surface area contributed by atoms with E-state index in [-0.39, 0.29) is 0 Å². The van der Waals surface area contributed by atoms with Gasteiger partial charge in [0.05, 0.1) is 23.0 Å². The largest absolute Gasteiger partial charge is 0.397 e. The lowest BCUT2D eigenvalue weighted by Gasteiger charge is -2.09. The van der Waals surface area contributed by atoms with Crippen molar-refractivity contribution in [2.75, 3.05) is 11.1 Å². The van der Waals surface area contributed by atoms with E-state index in [1.54, 1.807) is 30.3 Å². The maximum absolute atomic E-state index is 8.74. The molecule has 84 valence electrons. The first-order valence-corrected chi connectivity index (χ1v) is 5.39. The highest BCUT2D eigenvalue weighted by atomic mass is 35.5. The van der Waals surface area contributed by atoms with Crippen molar-refractivity contribution in [3.05, 3.63) is 53.1 Å². The zero-order valence-electron chi connectivity index (χ0n) is 8.94.